The Labute approximate surface area is 216 Å². The van der Waals surface area contributed by atoms with E-state index in [9.17, 15) is 24.5 Å². The largest absolute Gasteiger partial charge is 0.493 e. The first-order valence-corrected chi connectivity index (χ1v) is 11.2. The van der Waals surface area contributed by atoms with E-state index in [2.05, 4.69) is 31.0 Å². The maximum absolute atomic E-state index is 13.0. The van der Waals surface area contributed by atoms with Gasteiger partial charge >= 0.3 is 12.0 Å². The Hall–Kier alpha value is -4.72. The molecule has 3 amide bonds. The van der Waals surface area contributed by atoms with Gasteiger partial charge in [0.05, 0.1) is 25.7 Å². The number of rotatable bonds is 8. The highest BCUT2D eigenvalue weighted by Crippen LogP contribution is 2.39. The molecule has 4 rings (SSSR count). The van der Waals surface area contributed by atoms with Crippen LogP contribution in [0.5, 0.6) is 17.4 Å². The summed E-state index contributed by atoms with van der Waals surface area (Å²) in [5.74, 6) is -0.768. The summed E-state index contributed by atoms with van der Waals surface area (Å²) in [4.78, 5) is 52.3. The van der Waals surface area contributed by atoms with E-state index in [1.54, 1.807) is 12.1 Å². The first-order valence-electron chi connectivity index (χ1n) is 10.4. The van der Waals surface area contributed by atoms with Crippen molar-refractivity contribution in [2.45, 2.75) is 6.54 Å². The fourth-order valence-corrected chi connectivity index (χ4v) is 3.76. The molecule has 1 aromatic carbocycles. The number of amides is 3. The number of carbonyl (C=O) groups is 3. The molecule has 13 nitrogen and oxygen atoms in total. The molecule has 0 unspecified atom stereocenters. The number of furan rings is 1. The zero-order valence-corrected chi connectivity index (χ0v) is 20.8. The van der Waals surface area contributed by atoms with Crippen molar-refractivity contribution in [2.75, 3.05) is 14.2 Å². The quantitative estimate of drug-likeness (QED) is 0.137. The predicted molar refractivity (Wildman–Crippen MR) is 129 cm³/mol. The van der Waals surface area contributed by atoms with Gasteiger partial charge in [-0.15, -0.1) is 0 Å². The summed E-state index contributed by atoms with van der Waals surface area (Å²) >= 11 is 3.36. The van der Waals surface area contributed by atoms with Crippen LogP contribution in [-0.4, -0.2) is 46.9 Å². The summed E-state index contributed by atoms with van der Waals surface area (Å²) in [5.41, 5.74) is 0.0568. The van der Waals surface area contributed by atoms with Crippen LogP contribution in [0, 0.1) is 10.1 Å². The average Bonchev–Trinajstić information content (AvgIpc) is 3.45. The highest BCUT2D eigenvalue weighted by molar-refractivity contribution is 9.10. The van der Waals surface area contributed by atoms with Crippen LogP contribution in [0.2, 0.25) is 0 Å². The van der Waals surface area contributed by atoms with Gasteiger partial charge in [-0.1, -0.05) is 15.9 Å². The first kappa shape index (κ1) is 25.4. The lowest BCUT2D eigenvalue weighted by molar-refractivity contribution is -0.385. The zero-order valence-electron chi connectivity index (χ0n) is 19.2. The third-order valence-corrected chi connectivity index (χ3v) is 5.49. The van der Waals surface area contributed by atoms with Gasteiger partial charge in [0.15, 0.2) is 11.5 Å². The Morgan fingerprint density at radius 1 is 1.24 bits per heavy atom. The molecule has 1 aliphatic heterocycles. The second-order valence-corrected chi connectivity index (χ2v) is 8.29. The lowest BCUT2D eigenvalue weighted by atomic mass is 10.1. The molecule has 0 spiro atoms. The molecule has 1 saturated heterocycles. The normalized spacial score (nSPS) is 14.0. The summed E-state index contributed by atoms with van der Waals surface area (Å²) in [6, 6.07) is 7.90. The van der Waals surface area contributed by atoms with E-state index < -0.39 is 22.8 Å². The van der Waals surface area contributed by atoms with Crippen LogP contribution in [0.25, 0.3) is 6.08 Å². The maximum atomic E-state index is 13.0. The van der Waals surface area contributed by atoms with Gasteiger partial charge in [-0.05, 0) is 30.3 Å². The average molecular weight is 573 g/mol. The second kappa shape index (κ2) is 10.5. The highest BCUT2D eigenvalue weighted by Gasteiger charge is 2.35. The number of nitrogens with one attached hydrogen (secondary N) is 1. The number of ether oxygens (including phenoxy) is 3. The molecule has 1 fully saturated rings. The minimum atomic E-state index is -0.700. The lowest BCUT2D eigenvalue weighted by Gasteiger charge is -2.13. The molecule has 2 aromatic heterocycles. The van der Waals surface area contributed by atoms with Crippen molar-refractivity contribution in [3.63, 3.8) is 0 Å². The number of pyridine rings is 1. The van der Waals surface area contributed by atoms with Crippen molar-refractivity contribution in [1.82, 2.24) is 15.2 Å². The Bertz CT molecular complexity index is 1430. The van der Waals surface area contributed by atoms with Crippen molar-refractivity contribution in [3.8, 4) is 17.4 Å². The van der Waals surface area contributed by atoms with Gasteiger partial charge in [0.25, 0.3) is 11.6 Å². The number of carbonyl (C=O) groups excluding carboxylic acids is 3. The van der Waals surface area contributed by atoms with Crippen molar-refractivity contribution < 1.29 is 37.9 Å². The SMILES string of the molecule is COC(=O)c1ccc(CN2C(=O)N/C(=C/c3cc(Br)cc(OC)c3Oc3ccc([N+](=O)[O-])cn3)C2=O)o1. The third kappa shape index (κ3) is 5.43. The first-order chi connectivity index (χ1) is 17.7. The second-order valence-electron chi connectivity index (χ2n) is 7.38. The molecule has 3 heterocycles. The van der Waals surface area contributed by atoms with Crippen LogP contribution in [-0.2, 0) is 16.1 Å². The molecule has 1 aliphatic rings. The number of methoxy groups -OCH3 is 2. The van der Waals surface area contributed by atoms with Gasteiger partial charge < -0.3 is 23.9 Å². The van der Waals surface area contributed by atoms with E-state index in [0.717, 1.165) is 11.1 Å². The third-order valence-electron chi connectivity index (χ3n) is 5.03. The monoisotopic (exact) mass is 572 g/mol. The van der Waals surface area contributed by atoms with Crippen LogP contribution in [0.15, 0.2) is 57.2 Å². The van der Waals surface area contributed by atoms with Crippen molar-refractivity contribution in [3.05, 3.63) is 80.0 Å². The lowest BCUT2D eigenvalue weighted by Crippen LogP contribution is -2.30. The molecule has 190 valence electrons. The number of nitro groups is 1. The van der Waals surface area contributed by atoms with E-state index in [4.69, 9.17) is 13.9 Å². The zero-order chi connectivity index (χ0) is 26.7. The van der Waals surface area contributed by atoms with E-state index in [0.29, 0.717) is 10.0 Å². The molecule has 1 N–H and O–H groups in total. The van der Waals surface area contributed by atoms with Crippen LogP contribution < -0.4 is 14.8 Å². The van der Waals surface area contributed by atoms with Gasteiger partial charge in [-0.2, -0.15) is 0 Å². The van der Waals surface area contributed by atoms with E-state index in [1.807, 2.05) is 0 Å². The maximum Gasteiger partial charge on any atom is 0.373 e. The molecular formula is C23H17BrN4O9. The molecule has 0 radical (unpaired) electrons. The van der Waals surface area contributed by atoms with Crippen LogP contribution in [0.4, 0.5) is 10.5 Å². The number of nitrogens with zero attached hydrogens (tertiary/aromatic N) is 3. The molecule has 37 heavy (non-hydrogen) atoms. The fourth-order valence-electron chi connectivity index (χ4n) is 3.30. The number of urea groups is 1. The smallest absolute Gasteiger partial charge is 0.373 e. The highest BCUT2D eigenvalue weighted by atomic mass is 79.9. The fraction of sp³-hybridized carbons (Fsp3) is 0.130. The Morgan fingerprint density at radius 2 is 2.03 bits per heavy atom. The summed E-state index contributed by atoms with van der Waals surface area (Å²) in [6.07, 6.45) is 2.42. The molecule has 3 aromatic rings. The van der Waals surface area contributed by atoms with Gasteiger partial charge in [0, 0.05) is 22.2 Å². The summed E-state index contributed by atoms with van der Waals surface area (Å²) in [7, 11) is 2.61. The number of benzene rings is 1. The van der Waals surface area contributed by atoms with Crippen molar-refractivity contribution in [1.29, 1.82) is 0 Å². The van der Waals surface area contributed by atoms with E-state index >= 15 is 0 Å². The Morgan fingerprint density at radius 3 is 2.68 bits per heavy atom. The van der Waals surface area contributed by atoms with Crippen LogP contribution >= 0.6 is 15.9 Å². The molecule has 14 heteroatoms. The van der Waals surface area contributed by atoms with Gasteiger partial charge in [0.2, 0.25) is 11.6 Å². The number of halogens is 1. The van der Waals surface area contributed by atoms with Gasteiger partial charge in [-0.3, -0.25) is 19.8 Å². The van der Waals surface area contributed by atoms with E-state index in [-0.39, 0.29) is 46.8 Å². The van der Waals surface area contributed by atoms with Crippen LogP contribution in [0.3, 0.4) is 0 Å². The van der Waals surface area contributed by atoms with Gasteiger partial charge in [-0.25, -0.2) is 14.6 Å². The standard InChI is InChI=1S/C23H17BrN4O9/c1-34-18-9-13(24)7-12(20(18)37-19-6-3-14(10-25-19)28(32)33)8-16-21(29)27(23(31)26-16)11-15-4-5-17(36-15)22(30)35-2/h3-10H,11H2,1-2H3,(H,26,31)/b16-8+. The Kier molecular flexibility index (Phi) is 7.20. The topological polar surface area (TPSA) is 163 Å². The summed E-state index contributed by atoms with van der Waals surface area (Å²) < 4.78 is 21.7. The summed E-state index contributed by atoms with van der Waals surface area (Å²) in [5, 5.41) is 13.4. The predicted octanol–water partition coefficient (Wildman–Crippen LogP) is 4.03. The number of hydrogen-bond donors (Lipinski definition) is 1. The molecule has 0 bridgehead atoms. The van der Waals surface area contributed by atoms with Crippen molar-refractivity contribution in [2.24, 2.45) is 0 Å². The Balaban J connectivity index is 1.63. The number of hydrogen-bond acceptors (Lipinski definition) is 10. The number of esters is 1. The van der Waals surface area contributed by atoms with Gasteiger partial charge in [0.1, 0.15) is 17.7 Å². The number of imide groups is 1. The molecule has 0 saturated carbocycles. The molecule has 0 aliphatic carbocycles. The van der Waals surface area contributed by atoms with Crippen molar-refractivity contribution >= 4 is 45.6 Å². The van der Waals surface area contributed by atoms with Crippen LogP contribution in [0.1, 0.15) is 21.9 Å². The number of aromatic nitrogens is 1. The minimum absolute atomic E-state index is 0.0357. The molecular weight excluding hydrogens is 556 g/mol. The van der Waals surface area contributed by atoms with E-state index in [1.165, 1.54) is 44.6 Å². The minimum Gasteiger partial charge on any atom is -0.493 e. The summed E-state index contributed by atoms with van der Waals surface area (Å²) in [6.45, 7) is -0.225. The molecule has 0 atom stereocenters.